The SMILES string of the molecule is CC(O)C1CCN(Cc2cncs2)CC1. The molecular formula is C11H18N2OS. The predicted molar refractivity (Wildman–Crippen MR) is 61.8 cm³/mol. The first-order chi connectivity index (χ1) is 7.25. The van der Waals surface area contributed by atoms with Gasteiger partial charge in [-0.05, 0) is 38.8 Å². The van der Waals surface area contributed by atoms with Gasteiger partial charge >= 0.3 is 0 Å². The van der Waals surface area contributed by atoms with Crippen molar-refractivity contribution < 1.29 is 5.11 Å². The molecule has 1 aromatic rings. The lowest BCUT2D eigenvalue weighted by atomic mass is 9.92. The van der Waals surface area contributed by atoms with E-state index in [2.05, 4.69) is 9.88 Å². The molecule has 1 atom stereocenters. The first-order valence-corrected chi connectivity index (χ1v) is 6.41. The second-order valence-electron chi connectivity index (χ2n) is 4.32. The molecule has 1 N–H and O–H groups in total. The molecule has 4 heteroatoms. The van der Waals surface area contributed by atoms with E-state index >= 15 is 0 Å². The third-order valence-corrected chi connectivity index (χ3v) is 3.94. The topological polar surface area (TPSA) is 36.4 Å². The van der Waals surface area contributed by atoms with Gasteiger partial charge in [-0.25, -0.2) is 0 Å². The van der Waals surface area contributed by atoms with Gasteiger partial charge in [0.25, 0.3) is 0 Å². The van der Waals surface area contributed by atoms with Crippen LogP contribution in [-0.2, 0) is 6.54 Å². The molecule has 0 aliphatic carbocycles. The van der Waals surface area contributed by atoms with Gasteiger partial charge in [-0.15, -0.1) is 11.3 Å². The molecule has 1 aromatic heterocycles. The Morgan fingerprint density at radius 1 is 1.60 bits per heavy atom. The van der Waals surface area contributed by atoms with Crippen LogP contribution in [0.3, 0.4) is 0 Å². The van der Waals surface area contributed by atoms with Crippen molar-refractivity contribution in [3.8, 4) is 0 Å². The number of rotatable bonds is 3. The molecule has 1 saturated heterocycles. The van der Waals surface area contributed by atoms with Crippen molar-refractivity contribution in [1.82, 2.24) is 9.88 Å². The molecule has 2 heterocycles. The number of thiazole rings is 1. The van der Waals surface area contributed by atoms with Crippen molar-refractivity contribution in [1.29, 1.82) is 0 Å². The second kappa shape index (κ2) is 5.05. The lowest BCUT2D eigenvalue weighted by Gasteiger charge is -2.32. The molecule has 0 spiro atoms. The largest absolute Gasteiger partial charge is 0.393 e. The number of aromatic nitrogens is 1. The molecule has 2 rings (SSSR count). The predicted octanol–water partition coefficient (Wildman–Crippen LogP) is 1.74. The van der Waals surface area contributed by atoms with Crippen molar-refractivity contribution in [2.45, 2.75) is 32.4 Å². The summed E-state index contributed by atoms with van der Waals surface area (Å²) in [7, 11) is 0. The fraction of sp³-hybridized carbons (Fsp3) is 0.727. The third kappa shape index (κ3) is 3.00. The van der Waals surface area contributed by atoms with Crippen molar-refractivity contribution in [2.75, 3.05) is 13.1 Å². The maximum atomic E-state index is 9.49. The van der Waals surface area contributed by atoms with E-state index in [0.717, 1.165) is 32.5 Å². The summed E-state index contributed by atoms with van der Waals surface area (Å²) < 4.78 is 0. The monoisotopic (exact) mass is 226 g/mol. The van der Waals surface area contributed by atoms with Crippen molar-refractivity contribution in [3.63, 3.8) is 0 Å². The van der Waals surface area contributed by atoms with Gasteiger partial charge in [0.15, 0.2) is 0 Å². The van der Waals surface area contributed by atoms with Gasteiger partial charge < -0.3 is 5.11 Å². The molecule has 1 unspecified atom stereocenters. The summed E-state index contributed by atoms with van der Waals surface area (Å²) >= 11 is 1.72. The van der Waals surface area contributed by atoms with Crippen LogP contribution >= 0.6 is 11.3 Å². The van der Waals surface area contributed by atoms with Gasteiger partial charge in [-0.2, -0.15) is 0 Å². The van der Waals surface area contributed by atoms with Gasteiger partial charge in [0.05, 0.1) is 11.6 Å². The molecule has 1 aliphatic rings. The molecule has 0 amide bonds. The molecule has 84 valence electrons. The van der Waals surface area contributed by atoms with Crippen molar-refractivity contribution in [2.24, 2.45) is 5.92 Å². The minimum atomic E-state index is -0.143. The minimum Gasteiger partial charge on any atom is -0.393 e. The van der Waals surface area contributed by atoms with E-state index in [1.54, 1.807) is 11.3 Å². The zero-order valence-corrected chi connectivity index (χ0v) is 9.91. The van der Waals surface area contributed by atoms with Crippen molar-refractivity contribution in [3.05, 3.63) is 16.6 Å². The van der Waals surface area contributed by atoms with Crippen LogP contribution < -0.4 is 0 Å². The lowest BCUT2D eigenvalue weighted by molar-refractivity contribution is 0.0698. The molecule has 0 aromatic carbocycles. The Morgan fingerprint density at radius 2 is 2.33 bits per heavy atom. The molecule has 0 saturated carbocycles. The number of hydrogen-bond donors (Lipinski definition) is 1. The van der Waals surface area contributed by atoms with Gasteiger partial charge in [0, 0.05) is 17.6 Å². The Bertz CT molecular complexity index is 279. The van der Waals surface area contributed by atoms with Crippen LogP contribution in [0.25, 0.3) is 0 Å². The molecular weight excluding hydrogens is 208 g/mol. The average molecular weight is 226 g/mol. The summed E-state index contributed by atoms with van der Waals surface area (Å²) in [6, 6.07) is 0. The summed E-state index contributed by atoms with van der Waals surface area (Å²) in [6.45, 7) is 5.14. The normalized spacial score (nSPS) is 21.7. The van der Waals surface area contributed by atoms with Crippen LogP contribution in [0.1, 0.15) is 24.6 Å². The highest BCUT2D eigenvalue weighted by atomic mass is 32.1. The van der Waals surface area contributed by atoms with E-state index < -0.39 is 0 Å². The van der Waals surface area contributed by atoms with E-state index in [4.69, 9.17) is 0 Å². The average Bonchev–Trinajstić information content (AvgIpc) is 2.71. The molecule has 1 aliphatic heterocycles. The maximum absolute atomic E-state index is 9.49. The Hall–Kier alpha value is -0.450. The van der Waals surface area contributed by atoms with E-state index in [1.807, 2.05) is 18.6 Å². The minimum absolute atomic E-state index is 0.143. The van der Waals surface area contributed by atoms with E-state index in [1.165, 1.54) is 4.88 Å². The quantitative estimate of drug-likeness (QED) is 0.853. The zero-order chi connectivity index (χ0) is 10.7. The molecule has 15 heavy (non-hydrogen) atoms. The number of aliphatic hydroxyl groups is 1. The number of likely N-dealkylation sites (tertiary alicyclic amines) is 1. The standard InChI is InChI=1S/C11H18N2OS/c1-9(14)10-2-4-13(5-3-10)7-11-6-12-8-15-11/h6,8-10,14H,2-5,7H2,1H3. The van der Waals surface area contributed by atoms with Gasteiger partial charge in [0.1, 0.15) is 0 Å². The van der Waals surface area contributed by atoms with Gasteiger partial charge in [-0.3, -0.25) is 9.88 Å². The number of aliphatic hydroxyl groups excluding tert-OH is 1. The lowest BCUT2D eigenvalue weighted by Crippen LogP contribution is -2.36. The maximum Gasteiger partial charge on any atom is 0.0794 e. The number of hydrogen-bond acceptors (Lipinski definition) is 4. The molecule has 0 bridgehead atoms. The van der Waals surface area contributed by atoms with Crippen LogP contribution in [0.15, 0.2) is 11.7 Å². The fourth-order valence-electron chi connectivity index (χ4n) is 2.13. The number of piperidine rings is 1. The van der Waals surface area contributed by atoms with Crippen LogP contribution in [-0.4, -0.2) is 34.2 Å². The zero-order valence-electron chi connectivity index (χ0n) is 9.09. The van der Waals surface area contributed by atoms with E-state index in [-0.39, 0.29) is 6.10 Å². The Balaban J connectivity index is 1.79. The van der Waals surface area contributed by atoms with Crippen LogP contribution in [0.5, 0.6) is 0 Å². The van der Waals surface area contributed by atoms with Gasteiger partial charge in [0.2, 0.25) is 0 Å². The molecule has 3 nitrogen and oxygen atoms in total. The van der Waals surface area contributed by atoms with Crippen LogP contribution in [0.2, 0.25) is 0 Å². The summed E-state index contributed by atoms with van der Waals surface area (Å²) in [6.07, 6.45) is 4.05. The second-order valence-corrected chi connectivity index (χ2v) is 5.29. The summed E-state index contributed by atoms with van der Waals surface area (Å²) in [5, 5.41) is 9.49. The van der Waals surface area contributed by atoms with Crippen molar-refractivity contribution >= 4 is 11.3 Å². The first kappa shape index (κ1) is 11.0. The highest BCUT2D eigenvalue weighted by molar-refractivity contribution is 7.09. The molecule has 0 radical (unpaired) electrons. The third-order valence-electron chi connectivity index (χ3n) is 3.18. The number of nitrogens with zero attached hydrogens (tertiary/aromatic N) is 2. The van der Waals surface area contributed by atoms with Gasteiger partial charge in [-0.1, -0.05) is 0 Å². The highest BCUT2D eigenvalue weighted by Crippen LogP contribution is 2.22. The summed E-state index contributed by atoms with van der Waals surface area (Å²) in [5.74, 6) is 0.503. The van der Waals surface area contributed by atoms with Crippen LogP contribution in [0.4, 0.5) is 0 Å². The first-order valence-electron chi connectivity index (χ1n) is 5.53. The Kier molecular flexibility index (Phi) is 3.72. The smallest absolute Gasteiger partial charge is 0.0794 e. The Morgan fingerprint density at radius 3 is 2.87 bits per heavy atom. The summed E-state index contributed by atoms with van der Waals surface area (Å²) in [4.78, 5) is 7.87. The van der Waals surface area contributed by atoms with E-state index in [9.17, 15) is 5.11 Å². The highest BCUT2D eigenvalue weighted by Gasteiger charge is 2.22. The molecule has 1 fully saturated rings. The van der Waals surface area contributed by atoms with E-state index in [0.29, 0.717) is 5.92 Å². The van der Waals surface area contributed by atoms with Crippen LogP contribution in [0, 0.1) is 5.92 Å². The Labute approximate surface area is 94.8 Å². The fourth-order valence-corrected chi connectivity index (χ4v) is 2.77. The summed E-state index contributed by atoms with van der Waals surface area (Å²) in [5.41, 5.74) is 1.89.